The molecular weight excluding hydrogens is 286 g/mol. The van der Waals surface area contributed by atoms with Crippen molar-refractivity contribution in [3.8, 4) is 10.4 Å². The van der Waals surface area contributed by atoms with Crippen molar-refractivity contribution in [3.05, 3.63) is 35.4 Å². The maximum atomic E-state index is 5.88. The maximum absolute atomic E-state index is 5.88. The van der Waals surface area contributed by atoms with E-state index in [0.29, 0.717) is 5.16 Å². The summed E-state index contributed by atoms with van der Waals surface area (Å²) in [6.45, 7) is 0. The third-order valence-electron chi connectivity index (χ3n) is 2.45. The van der Waals surface area contributed by atoms with E-state index in [-0.39, 0.29) is 0 Å². The molecule has 0 unspecified atom stereocenters. The molecule has 0 aliphatic carbocycles. The van der Waals surface area contributed by atoms with Gasteiger partial charge in [-0.2, -0.15) is 0 Å². The molecule has 18 heavy (non-hydrogen) atoms. The van der Waals surface area contributed by atoms with Crippen LogP contribution in [0.5, 0.6) is 0 Å². The van der Waals surface area contributed by atoms with Crippen molar-refractivity contribution in [1.29, 1.82) is 0 Å². The molecule has 2 aromatic heterocycles. The quantitative estimate of drug-likeness (QED) is 0.666. The number of hydrogen-bond donors (Lipinski definition) is 0. The van der Waals surface area contributed by atoms with Crippen molar-refractivity contribution < 1.29 is 0 Å². The number of nitrogens with zero attached hydrogens (tertiary/aromatic N) is 3. The number of rotatable bonds is 2. The second-order valence-corrected chi connectivity index (χ2v) is 5.85. The van der Waals surface area contributed by atoms with Gasteiger partial charge in [-0.25, -0.2) is 4.98 Å². The SMILES string of the molecule is CSc1nnc2cc(-c3ccc(Cl)cc3)sc2n1. The van der Waals surface area contributed by atoms with Crippen LogP contribution < -0.4 is 0 Å². The van der Waals surface area contributed by atoms with E-state index in [1.807, 2.05) is 36.6 Å². The summed E-state index contributed by atoms with van der Waals surface area (Å²) in [6.07, 6.45) is 1.94. The highest BCUT2D eigenvalue weighted by Crippen LogP contribution is 2.32. The van der Waals surface area contributed by atoms with Crippen molar-refractivity contribution in [3.63, 3.8) is 0 Å². The largest absolute Gasteiger partial charge is 0.210 e. The first-order valence-electron chi connectivity index (χ1n) is 5.20. The molecule has 1 aromatic carbocycles. The van der Waals surface area contributed by atoms with Crippen molar-refractivity contribution in [2.45, 2.75) is 5.16 Å². The molecule has 0 bridgehead atoms. The molecule has 0 saturated carbocycles. The lowest BCUT2D eigenvalue weighted by Gasteiger charge is -1.95. The fourth-order valence-corrected chi connectivity index (χ4v) is 3.03. The molecule has 0 saturated heterocycles. The summed E-state index contributed by atoms with van der Waals surface area (Å²) in [4.78, 5) is 6.48. The summed E-state index contributed by atoms with van der Waals surface area (Å²) in [5, 5.41) is 9.64. The van der Waals surface area contributed by atoms with Gasteiger partial charge >= 0.3 is 0 Å². The summed E-state index contributed by atoms with van der Waals surface area (Å²) < 4.78 is 0. The zero-order valence-corrected chi connectivity index (χ0v) is 11.8. The Morgan fingerprint density at radius 3 is 2.67 bits per heavy atom. The Morgan fingerprint density at radius 1 is 1.17 bits per heavy atom. The maximum Gasteiger partial charge on any atom is 0.210 e. The minimum Gasteiger partial charge on any atom is -0.208 e. The van der Waals surface area contributed by atoms with Crippen LogP contribution in [0.25, 0.3) is 20.8 Å². The van der Waals surface area contributed by atoms with E-state index in [1.54, 1.807) is 11.3 Å². The lowest BCUT2D eigenvalue weighted by Crippen LogP contribution is -1.87. The lowest BCUT2D eigenvalue weighted by molar-refractivity contribution is 0.887. The predicted octanol–water partition coefficient (Wildman–Crippen LogP) is 4.13. The van der Waals surface area contributed by atoms with Crippen LogP contribution in [-0.2, 0) is 0 Å². The monoisotopic (exact) mass is 293 g/mol. The third-order valence-corrected chi connectivity index (χ3v) is 4.30. The molecule has 2 heterocycles. The number of benzene rings is 1. The van der Waals surface area contributed by atoms with Crippen LogP contribution in [0, 0.1) is 0 Å². The van der Waals surface area contributed by atoms with Gasteiger partial charge in [0.15, 0.2) is 0 Å². The lowest BCUT2D eigenvalue weighted by atomic mass is 10.2. The molecule has 3 aromatic rings. The summed E-state index contributed by atoms with van der Waals surface area (Å²) in [7, 11) is 0. The molecular formula is C12H8ClN3S2. The average Bonchev–Trinajstić information content (AvgIpc) is 2.82. The molecule has 0 radical (unpaired) electrons. The van der Waals surface area contributed by atoms with Crippen molar-refractivity contribution in [1.82, 2.24) is 15.2 Å². The molecule has 0 aliphatic heterocycles. The third kappa shape index (κ3) is 2.21. The molecule has 0 spiro atoms. The molecule has 0 amide bonds. The van der Waals surface area contributed by atoms with Crippen LogP contribution in [0.2, 0.25) is 5.02 Å². The fraction of sp³-hybridized carbons (Fsp3) is 0.0833. The Kier molecular flexibility index (Phi) is 3.20. The van der Waals surface area contributed by atoms with E-state index >= 15 is 0 Å². The van der Waals surface area contributed by atoms with Gasteiger partial charge in [0.2, 0.25) is 5.16 Å². The Hall–Kier alpha value is -1.17. The minimum atomic E-state index is 0.701. The number of thioether (sulfide) groups is 1. The summed E-state index contributed by atoms with van der Waals surface area (Å²) in [5.74, 6) is 0. The Balaban J connectivity index is 2.10. The molecule has 0 aliphatic rings. The zero-order valence-electron chi connectivity index (χ0n) is 9.42. The average molecular weight is 294 g/mol. The van der Waals surface area contributed by atoms with Gasteiger partial charge in [-0.1, -0.05) is 35.5 Å². The van der Waals surface area contributed by atoms with Crippen LogP contribution in [-0.4, -0.2) is 21.4 Å². The zero-order chi connectivity index (χ0) is 12.5. The van der Waals surface area contributed by atoms with Crippen molar-refractivity contribution >= 4 is 45.0 Å². The molecule has 3 nitrogen and oxygen atoms in total. The van der Waals surface area contributed by atoms with E-state index in [9.17, 15) is 0 Å². The van der Waals surface area contributed by atoms with Gasteiger partial charge in [0.25, 0.3) is 0 Å². The number of halogens is 1. The Bertz CT molecular complexity index is 694. The van der Waals surface area contributed by atoms with E-state index in [4.69, 9.17) is 11.6 Å². The summed E-state index contributed by atoms with van der Waals surface area (Å²) in [6, 6.07) is 9.76. The molecule has 90 valence electrons. The number of fused-ring (bicyclic) bond motifs is 1. The van der Waals surface area contributed by atoms with E-state index in [2.05, 4.69) is 15.2 Å². The molecule has 6 heteroatoms. The highest BCUT2D eigenvalue weighted by molar-refractivity contribution is 7.98. The van der Waals surface area contributed by atoms with Crippen LogP contribution in [0.4, 0.5) is 0 Å². The van der Waals surface area contributed by atoms with Crippen LogP contribution >= 0.6 is 34.7 Å². The molecule has 0 fully saturated rings. The standard InChI is InChI=1S/C12H8ClN3S2/c1-17-12-14-11-9(15-16-12)6-10(18-11)7-2-4-8(13)5-3-7/h2-6H,1H3. The van der Waals surface area contributed by atoms with Crippen molar-refractivity contribution in [2.24, 2.45) is 0 Å². The smallest absolute Gasteiger partial charge is 0.208 e. The topological polar surface area (TPSA) is 38.7 Å². The van der Waals surface area contributed by atoms with Crippen molar-refractivity contribution in [2.75, 3.05) is 6.26 Å². The highest BCUT2D eigenvalue weighted by Gasteiger charge is 2.08. The normalized spacial score (nSPS) is 11.0. The van der Waals surface area contributed by atoms with Crippen LogP contribution in [0.15, 0.2) is 35.5 Å². The number of hydrogen-bond acceptors (Lipinski definition) is 5. The first kappa shape index (κ1) is 11.9. The van der Waals surface area contributed by atoms with Crippen LogP contribution in [0.3, 0.4) is 0 Å². The van der Waals surface area contributed by atoms with E-state index in [0.717, 1.165) is 25.8 Å². The molecule has 0 N–H and O–H groups in total. The minimum absolute atomic E-state index is 0.701. The van der Waals surface area contributed by atoms with Gasteiger partial charge in [0, 0.05) is 9.90 Å². The predicted molar refractivity (Wildman–Crippen MR) is 77.4 cm³/mol. The number of thiophene rings is 1. The second-order valence-electron chi connectivity index (χ2n) is 3.61. The summed E-state index contributed by atoms with van der Waals surface area (Å²) >= 11 is 8.99. The Morgan fingerprint density at radius 2 is 1.94 bits per heavy atom. The van der Waals surface area contributed by atoms with Gasteiger partial charge in [-0.15, -0.1) is 21.5 Å². The van der Waals surface area contributed by atoms with Gasteiger partial charge in [-0.3, -0.25) is 0 Å². The van der Waals surface area contributed by atoms with Crippen LogP contribution in [0.1, 0.15) is 0 Å². The first-order valence-corrected chi connectivity index (χ1v) is 7.62. The summed E-state index contributed by atoms with van der Waals surface area (Å²) in [5.41, 5.74) is 1.96. The van der Waals surface area contributed by atoms with Gasteiger partial charge < -0.3 is 0 Å². The highest BCUT2D eigenvalue weighted by atomic mass is 35.5. The first-order chi connectivity index (χ1) is 8.76. The molecule has 3 rings (SSSR count). The van der Waals surface area contributed by atoms with E-state index < -0.39 is 0 Å². The van der Waals surface area contributed by atoms with Gasteiger partial charge in [-0.05, 0) is 30.0 Å². The Labute approximate surface area is 117 Å². The number of aromatic nitrogens is 3. The van der Waals surface area contributed by atoms with E-state index in [1.165, 1.54) is 11.8 Å². The van der Waals surface area contributed by atoms with Gasteiger partial charge in [0.05, 0.1) is 0 Å². The fourth-order valence-electron chi connectivity index (χ4n) is 1.57. The van der Waals surface area contributed by atoms with Gasteiger partial charge in [0.1, 0.15) is 10.3 Å². The second kappa shape index (κ2) is 4.84. The molecule has 0 atom stereocenters.